The zero-order valence-electron chi connectivity index (χ0n) is 35.2. The van der Waals surface area contributed by atoms with Crippen LogP contribution in [0.2, 0.25) is 0 Å². The molecule has 0 radical (unpaired) electrons. The Morgan fingerprint density at radius 2 is 0.625 bits per heavy atom. The largest absolute Gasteiger partial charge is 0.416 e. The van der Waals surface area contributed by atoms with Gasteiger partial charge in [0.25, 0.3) is 5.69 Å². The smallest absolute Gasteiger partial charge is 0.289 e. The zero-order valence-corrected chi connectivity index (χ0v) is 36.0. The van der Waals surface area contributed by atoms with E-state index in [0.29, 0.717) is 5.75 Å². The van der Waals surface area contributed by atoms with Crippen molar-refractivity contribution in [2.24, 2.45) is 0 Å². The molecule has 0 aliphatic rings. The molecule has 0 bridgehead atoms. The van der Waals surface area contributed by atoms with Gasteiger partial charge in [0, 0.05) is 6.07 Å². The third kappa shape index (κ3) is 13.5. The van der Waals surface area contributed by atoms with Crippen LogP contribution in [-0.2, 0) is 60.3 Å². The second kappa shape index (κ2) is 19.7. The van der Waals surface area contributed by atoms with E-state index in [4.69, 9.17) is 0 Å². The first-order valence-corrected chi connectivity index (χ1v) is 21.2. The number of halogens is 24. The number of hydrogen-bond acceptors (Lipinski definition) is 3. The second-order valence-corrected chi connectivity index (χ2v) is 17.8. The number of benzene rings is 5. The van der Waals surface area contributed by atoms with Crippen molar-refractivity contribution in [3.63, 3.8) is 0 Å². The molecular formula is C42H24BF24NO3S. The van der Waals surface area contributed by atoms with Gasteiger partial charge in [0.1, 0.15) is 11.7 Å². The van der Waals surface area contributed by atoms with Crippen LogP contribution in [0.15, 0.2) is 97.1 Å². The molecule has 0 aromatic heterocycles. The molecule has 0 aliphatic carbocycles. The maximum absolute atomic E-state index is 14.2. The molecule has 0 spiro atoms. The highest BCUT2D eigenvalue weighted by Crippen LogP contribution is 2.41. The Morgan fingerprint density at radius 3 is 0.806 bits per heavy atom. The second-order valence-electron chi connectivity index (χ2n) is 15.6. The van der Waals surface area contributed by atoms with E-state index in [2.05, 4.69) is 0 Å². The van der Waals surface area contributed by atoms with Gasteiger partial charge >= 0.3 is 49.4 Å². The van der Waals surface area contributed by atoms with Gasteiger partial charge in [-0.2, -0.15) is 127 Å². The Hall–Kier alpha value is -6.10. The van der Waals surface area contributed by atoms with E-state index in [1.807, 2.05) is 12.5 Å². The number of ketones is 1. The lowest BCUT2D eigenvalue weighted by Crippen LogP contribution is -2.75. The van der Waals surface area contributed by atoms with Gasteiger partial charge in [-0.1, -0.05) is 60.7 Å². The third-order valence-corrected chi connectivity index (χ3v) is 11.1. The van der Waals surface area contributed by atoms with Gasteiger partial charge in [0.2, 0.25) is 5.78 Å². The summed E-state index contributed by atoms with van der Waals surface area (Å²) >= 11 is 0. The molecule has 4 nitrogen and oxygen atoms in total. The summed E-state index contributed by atoms with van der Waals surface area (Å²) in [6.07, 6.45) is -50.9. The van der Waals surface area contributed by atoms with E-state index in [-0.39, 0.29) is 27.9 Å². The summed E-state index contributed by atoms with van der Waals surface area (Å²) in [5.74, 6) is 0.209. The molecule has 0 heterocycles. The highest BCUT2D eigenvalue weighted by atomic mass is 32.2. The highest BCUT2D eigenvalue weighted by molar-refractivity contribution is 7.96. The van der Waals surface area contributed by atoms with E-state index >= 15 is 0 Å². The Bertz CT molecular complexity index is 2380. The van der Waals surface area contributed by atoms with Crippen molar-refractivity contribution in [1.82, 2.24) is 0 Å². The lowest BCUT2D eigenvalue weighted by Gasteiger charge is -2.46. The van der Waals surface area contributed by atoms with Crippen LogP contribution in [0.3, 0.4) is 0 Å². The van der Waals surface area contributed by atoms with Gasteiger partial charge in [-0.3, -0.25) is 14.9 Å². The van der Waals surface area contributed by atoms with Crippen LogP contribution >= 0.6 is 0 Å². The van der Waals surface area contributed by atoms with Gasteiger partial charge < -0.3 is 0 Å². The average Bonchev–Trinajstić information content (AvgIpc) is 3.21. The first kappa shape index (κ1) is 58.5. The highest BCUT2D eigenvalue weighted by Gasteiger charge is 2.47. The van der Waals surface area contributed by atoms with Crippen LogP contribution in [0.5, 0.6) is 0 Å². The fourth-order valence-corrected chi connectivity index (χ4v) is 7.96. The number of carbonyl (C=O) groups is 1. The first-order chi connectivity index (χ1) is 32.3. The summed E-state index contributed by atoms with van der Waals surface area (Å²) in [5, 5.41) is 10.7. The first-order valence-electron chi connectivity index (χ1n) is 18.9. The number of hydrogen-bond donors (Lipinski definition) is 0. The number of nitro groups is 1. The Balaban J connectivity index is 0.000000639. The van der Waals surface area contributed by atoms with Crippen LogP contribution < -0.4 is 21.9 Å². The number of alkyl halides is 24. The minimum Gasteiger partial charge on any atom is -0.289 e. The predicted octanol–water partition coefficient (Wildman–Crippen LogP) is 12.9. The van der Waals surface area contributed by atoms with Crippen LogP contribution in [0.25, 0.3) is 0 Å². The predicted molar refractivity (Wildman–Crippen MR) is 212 cm³/mol. The van der Waals surface area contributed by atoms with E-state index < -0.39 is 200 Å². The molecule has 392 valence electrons. The summed E-state index contributed by atoms with van der Waals surface area (Å²) in [6.45, 7) is 0. The lowest BCUT2D eigenvalue weighted by atomic mass is 9.12. The Kier molecular flexibility index (Phi) is 16.0. The minimum absolute atomic E-state index is 0.0398. The van der Waals surface area contributed by atoms with Crippen LogP contribution in [0, 0.1) is 10.1 Å². The molecule has 0 saturated carbocycles. The van der Waals surface area contributed by atoms with Gasteiger partial charge in [0.05, 0.1) is 61.9 Å². The van der Waals surface area contributed by atoms with Crippen LogP contribution in [0.1, 0.15) is 54.9 Å². The summed E-state index contributed by atoms with van der Waals surface area (Å²) in [5.41, 5.74) is -30.1. The third-order valence-electron chi connectivity index (χ3n) is 10.3. The standard InChI is InChI=1S/C32H12BF24.C10H12NO3S/c34-25(35,36)13-1-14(26(37,38)39)6-21(5-13)33(22-7-15(27(40,41)42)2-16(8-22)28(43,44)45,23-9-17(29(46,47)48)3-18(10-23)30(49,50)51)24-11-19(31(52,53)54)4-20(12-24)32(55,56)57;1-15(2)7-10(12)8-5-3-4-6-9(8)11(13)14/h1-12H;3-6H,7H2,1-2H3/q-1;+1. The fraction of sp³-hybridized carbons (Fsp3) is 0.262. The molecule has 5 aromatic rings. The molecule has 0 fully saturated rings. The number of carbonyl (C=O) groups excluding carboxylic acids is 1. The van der Waals surface area contributed by atoms with E-state index in [0.717, 1.165) is 0 Å². The summed E-state index contributed by atoms with van der Waals surface area (Å²) < 4.78 is 341. The number of para-hydroxylation sites is 1. The molecule has 5 aromatic carbocycles. The zero-order chi connectivity index (χ0) is 55.3. The van der Waals surface area contributed by atoms with Crippen molar-refractivity contribution in [2.75, 3.05) is 18.3 Å². The number of rotatable bonds is 8. The topological polar surface area (TPSA) is 60.2 Å². The maximum Gasteiger partial charge on any atom is 0.416 e. The fourth-order valence-electron chi connectivity index (χ4n) is 7.28. The van der Waals surface area contributed by atoms with Crippen LogP contribution in [-0.4, -0.2) is 35.1 Å². The van der Waals surface area contributed by atoms with Crippen molar-refractivity contribution in [3.8, 4) is 0 Å². The average molecular weight is 1090 g/mol. The summed E-state index contributed by atoms with van der Waals surface area (Å²) in [6, 6.07) is -2.74. The van der Waals surface area contributed by atoms with Gasteiger partial charge in [-0.15, -0.1) is 0 Å². The molecule has 0 atom stereocenters. The number of nitro benzene ring substituents is 1. The summed E-state index contributed by atoms with van der Waals surface area (Å²) in [4.78, 5) is 21.8. The molecule has 0 saturated heterocycles. The molecule has 0 amide bonds. The van der Waals surface area contributed by atoms with Crippen LogP contribution in [0.4, 0.5) is 111 Å². The Labute approximate surface area is 390 Å². The van der Waals surface area contributed by atoms with Crippen molar-refractivity contribution in [3.05, 3.63) is 157 Å². The quantitative estimate of drug-likeness (QED) is 0.0388. The van der Waals surface area contributed by atoms with Gasteiger partial charge in [-0.25, -0.2) is 0 Å². The monoisotopic (exact) mass is 1090 g/mol. The van der Waals surface area contributed by atoms with Crippen molar-refractivity contribution in [2.45, 2.75) is 49.4 Å². The van der Waals surface area contributed by atoms with E-state index in [9.17, 15) is 120 Å². The molecule has 0 aliphatic heterocycles. The molecular weight excluding hydrogens is 1070 g/mol. The Morgan fingerprint density at radius 1 is 0.417 bits per heavy atom. The molecule has 0 unspecified atom stereocenters. The normalized spacial score (nSPS) is 13.5. The van der Waals surface area contributed by atoms with E-state index in [1.54, 1.807) is 12.1 Å². The molecule has 30 heteroatoms. The van der Waals surface area contributed by atoms with Crippen molar-refractivity contribution >= 4 is 50.4 Å². The van der Waals surface area contributed by atoms with Gasteiger partial charge in [0.15, 0.2) is 5.75 Å². The number of nitrogens with zero attached hydrogens (tertiary/aromatic N) is 1. The van der Waals surface area contributed by atoms with E-state index in [1.165, 1.54) is 12.1 Å². The van der Waals surface area contributed by atoms with Gasteiger partial charge in [-0.05, 0) is 41.2 Å². The maximum atomic E-state index is 14.2. The molecule has 0 N–H and O–H groups in total. The molecule has 5 rings (SSSR count). The lowest BCUT2D eigenvalue weighted by molar-refractivity contribution is -0.385. The molecule has 72 heavy (non-hydrogen) atoms. The van der Waals surface area contributed by atoms with Crippen molar-refractivity contribution < 1.29 is 115 Å². The van der Waals surface area contributed by atoms with Crippen molar-refractivity contribution in [1.29, 1.82) is 0 Å². The number of Topliss-reactive ketones (excluding diaryl/α,β-unsaturated/α-hetero) is 1. The SMILES string of the molecule is C[S+](C)CC(=O)c1ccccc1[N+](=O)[O-].FC(F)(F)c1cc([B-](c2cc(C(F)(F)F)cc(C(F)(F)F)c2)(c2cc(C(F)(F)F)cc(C(F)(F)F)c2)c2cc(C(F)(F)F)cc(C(F)(F)F)c2)cc(C(F)(F)F)c1. The minimum atomic E-state index is -6.13. The summed E-state index contributed by atoms with van der Waals surface area (Å²) in [7, 11) is -0.0398.